The number of thioether (sulfide) groups is 1. The van der Waals surface area contributed by atoms with Gasteiger partial charge in [-0.15, -0.1) is 11.3 Å². The Labute approximate surface area is 185 Å². The van der Waals surface area contributed by atoms with Crippen LogP contribution in [0.1, 0.15) is 11.1 Å². The maximum absolute atomic E-state index is 12.4. The van der Waals surface area contributed by atoms with Crippen LogP contribution in [0.4, 0.5) is 5.69 Å². The van der Waals surface area contributed by atoms with Crippen molar-refractivity contribution in [1.82, 2.24) is 9.29 Å². The Morgan fingerprint density at radius 3 is 2.50 bits per heavy atom. The van der Waals surface area contributed by atoms with Crippen molar-refractivity contribution in [3.8, 4) is 11.3 Å². The van der Waals surface area contributed by atoms with E-state index in [0.29, 0.717) is 5.69 Å². The van der Waals surface area contributed by atoms with Crippen molar-refractivity contribution in [1.29, 1.82) is 0 Å². The number of thiazole rings is 1. The third-order valence-corrected chi connectivity index (χ3v) is 8.25. The van der Waals surface area contributed by atoms with Crippen LogP contribution in [0.3, 0.4) is 0 Å². The molecule has 1 aromatic heterocycles. The van der Waals surface area contributed by atoms with Crippen LogP contribution in [0.15, 0.2) is 57.1 Å². The number of anilines is 1. The molecule has 0 aliphatic carbocycles. The van der Waals surface area contributed by atoms with Crippen LogP contribution in [0.5, 0.6) is 0 Å². The number of hydrogen-bond donors (Lipinski definition) is 1. The second kappa shape index (κ2) is 9.30. The summed E-state index contributed by atoms with van der Waals surface area (Å²) in [4.78, 5) is 17.2. The fourth-order valence-corrected chi connectivity index (χ4v) is 5.16. The van der Waals surface area contributed by atoms with E-state index in [-0.39, 0.29) is 16.6 Å². The molecule has 6 nitrogen and oxygen atoms in total. The third kappa shape index (κ3) is 5.28. The van der Waals surface area contributed by atoms with E-state index in [9.17, 15) is 13.2 Å². The third-order valence-electron chi connectivity index (χ3n) is 4.42. The zero-order valence-corrected chi connectivity index (χ0v) is 19.6. The van der Waals surface area contributed by atoms with Crippen LogP contribution in [-0.4, -0.2) is 43.5 Å². The van der Waals surface area contributed by atoms with Gasteiger partial charge in [0.1, 0.15) is 0 Å². The van der Waals surface area contributed by atoms with Gasteiger partial charge in [0.15, 0.2) is 4.34 Å². The van der Waals surface area contributed by atoms with Gasteiger partial charge in [-0.05, 0) is 31.5 Å². The molecule has 0 fully saturated rings. The summed E-state index contributed by atoms with van der Waals surface area (Å²) in [6.07, 6.45) is 0. The summed E-state index contributed by atoms with van der Waals surface area (Å²) < 4.78 is 26.6. The van der Waals surface area contributed by atoms with Gasteiger partial charge in [-0.1, -0.05) is 47.7 Å². The van der Waals surface area contributed by atoms with Crippen LogP contribution >= 0.6 is 23.1 Å². The molecule has 0 spiro atoms. The molecule has 1 amide bonds. The normalized spacial score (nSPS) is 11.6. The predicted octanol–water partition coefficient (Wildman–Crippen LogP) is 4.41. The molecule has 0 atom stereocenters. The number of rotatable bonds is 7. The Hall–Kier alpha value is -2.20. The van der Waals surface area contributed by atoms with E-state index in [2.05, 4.69) is 10.3 Å². The smallest absolute Gasteiger partial charge is 0.242 e. The van der Waals surface area contributed by atoms with Gasteiger partial charge in [-0.2, -0.15) is 0 Å². The highest BCUT2D eigenvalue weighted by Gasteiger charge is 2.19. The number of amides is 1. The number of sulfonamides is 1. The Kier molecular flexibility index (Phi) is 6.97. The molecule has 0 saturated carbocycles. The Morgan fingerprint density at radius 1 is 1.13 bits per heavy atom. The van der Waals surface area contributed by atoms with E-state index in [1.807, 2.05) is 43.5 Å². The summed E-state index contributed by atoms with van der Waals surface area (Å²) in [5, 5.41) is 4.79. The van der Waals surface area contributed by atoms with E-state index < -0.39 is 10.0 Å². The highest BCUT2D eigenvalue weighted by molar-refractivity contribution is 8.01. The lowest BCUT2D eigenvalue weighted by molar-refractivity contribution is -0.113. The van der Waals surface area contributed by atoms with Gasteiger partial charge in [0.05, 0.1) is 16.3 Å². The standard InChI is InChI=1S/C21H23N3O3S3/c1-14-5-8-16(9-6-14)19-12-28-21(23-19)29-13-20(25)22-18-11-17(10-7-15(18)2)30(26,27)24(3)4/h5-12H,13H2,1-4H3,(H,22,25). The lowest BCUT2D eigenvalue weighted by atomic mass is 10.1. The monoisotopic (exact) mass is 461 g/mol. The van der Waals surface area contributed by atoms with Gasteiger partial charge in [-0.3, -0.25) is 4.79 Å². The van der Waals surface area contributed by atoms with E-state index >= 15 is 0 Å². The van der Waals surface area contributed by atoms with Crippen LogP contribution in [-0.2, 0) is 14.8 Å². The van der Waals surface area contributed by atoms with Crippen LogP contribution in [0, 0.1) is 13.8 Å². The number of carbonyl (C=O) groups is 1. The minimum Gasteiger partial charge on any atom is -0.325 e. The number of carbonyl (C=O) groups excluding carboxylic acids is 1. The second-order valence-electron chi connectivity index (χ2n) is 6.97. The number of aryl methyl sites for hydroxylation is 2. The maximum Gasteiger partial charge on any atom is 0.242 e. The summed E-state index contributed by atoms with van der Waals surface area (Å²) >= 11 is 2.85. The molecular weight excluding hydrogens is 438 g/mol. The maximum atomic E-state index is 12.4. The molecule has 0 radical (unpaired) electrons. The van der Waals surface area contributed by atoms with Gasteiger partial charge in [-0.25, -0.2) is 17.7 Å². The first-order chi connectivity index (χ1) is 14.2. The summed E-state index contributed by atoms with van der Waals surface area (Å²) in [6.45, 7) is 3.86. The van der Waals surface area contributed by atoms with Crippen molar-refractivity contribution in [2.24, 2.45) is 0 Å². The van der Waals surface area contributed by atoms with Crippen LogP contribution in [0.25, 0.3) is 11.3 Å². The lowest BCUT2D eigenvalue weighted by Gasteiger charge is -2.14. The molecule has 0 aliphatic heterocycles. The quantitative estimate of drug-likeness (QED) is 0.527. The number of nitrogens with one attached hydrogen (secondary N) is 1. The Bertz CT molecular complexity index is 1150. The molecule has 0 aliphatic rings. The molecule has 0 saturated heterocycles. The molecule has 0 bridgehead atoms. The second-order valence-corrected chi connectivity index (χ2v) is 11.2. The fourth-order valence-electron chi connectivity index (χ4n) is 2.60. The highest BCUT2D eigenvalue weighted by Crippen LogP contribution is 2.29. The van der Waals surface area contributed by atoms with Crippen molar-refractivity contribution in [2.75, 3.05) is 25.2 Å². The summed E-state index contributed by atoms with van der Waals surface area (Å²) in [7, 11) is -0.615. The largest absolute Gasteiger partial charge is 0.325 e. The Morgan fingerprint density at radius 2 is 1.83 bits per heavy atom. The molecule has 3 aromatic rings. The van der Waals surface area contributed by atoms with Gasteiger partial charge in [0, 0.05) is 30.7 Å². The molecule has 0 unspecified atom stereocenters. The van der Waals surface area contributed by atoms with Crippen molar-refractivity contribution >= 4 is 44.7 Å². The van der Waals surface area contributed by atoms with E-state index in [1.165, 1.54) is 54.9 Å². The van der Waals surface area contributed by atoms with Gasteiger partial charge >= 0.3 is 0 Å². The van der Waals surface area contributed by atoms with Gasteiger partial charge in [0.2, 0.25) is 15.9 Å². The van der Waals surface area contributed by atoms with Gasteiger partial charge < -0.3 is 5.32 Å². The number of hydrogen-bond acceptors (Lipinski definition) is 6. The lowest BCUT2D eigenvalue weighted by Crippen LogP contribution is -2.22. The first-order valence-corrected chi connectivity index (χ1v) is 12.5. The average Bonchev–Trinajstić information content (AvgIpc) is 3.17. The SMILES string of the molecule is Cc1ccc(-c2csc(SCC(=O)Nc3cc(S(=O)(=O)N(C)C)ccc3C)n2)cc1. The topological polar surface area (TPSA) is 79.4 Å². The zero-order chi connectivity index (χ0) is 21.9. The van der Waals surface area contributed by atoms with Crippen molar-refractivity contribution in [3.63, 3.8) is 0 Å². The summed E-state index contributed by atoms with van der Waals surface area (Å²) in [5.74, 6) is -0.0279. The molecule has 1 heterocycles. The molecule has 30 heavy (non-hydrogen) atoms. The molecule has 1 N–H and O–H groups in total. The fraction of sp³-hybridized carbons (Fsp3) is 0.238. The minimum atomic E-state index is -3.57. The summed E-state index contributed by atoms with van der Waals surface area (Å²) in [5.41, 5.74) is 4.41. The molecule has 3 rings (SSSR count). The zero-order valence-electron chi connectivity index (χ0n) is 17.2. The molecular formula is C21H23N3O3S3. The number of aromatic nitrogens is 1. The first-order valence-electron chi connectivity index (χ1n) is 9.15. The summed E-state index contributed by atoms with van der Waals surface area (Å²) in [6, 6.07) is 12.9. The van der Waals surface area contributed by atoms with Crippen molar-refractivity contribution in [3.05, 3.63) is 59.0 Å². The number of benzene rings is 2. The molecule has 9 heteroatoms. The molecule has 158 valence electrons. The van der Waals surface area contributed by atoms with Crippen molar-refractivity contribution < 1.29 is 13.2 Å². The van der Waals surface area contributed by atoms with Crippen molar-refractivity contribution in [2.45, 2.75) is 23.1 Å². The number of nitrogens with zero attached hydrogens (tertiary/aromatic N) is 2. The Balaban J connectivity index is 1.65. The van der Waals surface area contributed by atoms with Crippen LogP contribution < -0.4 is 5.32 Å². The predicted molar refractivity (Wildman–Crippen MR) is 124 cm³/mol. The van der Waals surface area contributed by atoms with E-state index in [1.54, 1.807) is 6.07 Å². The minimum absolute atomic E-state index is 0.142. The van der Waals surface area contributed by atoms with E-state index in [0.717, 1.165) is 25.5 Å². The average molecular weight is 462 g/mol. The van der Waals surface area contributed by atoms with Crippen LogP contribution in [0.2, 0.25) is 0 Å². The molecule has 2 aromatic carbocycles. The highest BCUT2D eigenvalue weighted by atomic mass is 32.2. The van der Waals surface area contributed by atoms with E-state index in [4.69, 9.17) is 0 Å². The first kappa shape index (κ1) is 22.5. The van der Waals surface area contributed by atoms with Gasteiger partial charge in [0.25, 0.3) is 0 Å².